The van der Waals surface area contributed by atoms with Crippen LogP contribution in [0.15, 0.2) is 78.9 Å². The molecule has 0 amide bonds. The van der Waals surface area contributed by atoms with Crippen molar-refractivity contribution in [2.45, 2.75) is 12.8 Å². The van der Waals surface area contributed by atoms with E-state index in [2.05, 4.69) is 60.7 Å². The topological polar surface area (TPSA) is 35.5 Å². The number of aldehydes is 1. The molecule has 4 aromatic rings. The third-order valence-corrected chi connectivity index (χ3v) is 5.17. The standard InChI is InChI=1S/C27H24O3/c1-29-22-14-12-20(13-15-22)18-27(30-17-7-6-16-28)26-19-21-8-2-3-9-23(21)24-10-4-5-11-25(24)26/h2-5,8-16,18-19H,6-7,17H2,1H3/b27-18-. The third kappa shape index (κ3) is 4.20. The van der Waals surface area contributed by atoms with E-state index < -0.39 is 0 Å². The maximum atomic E-state index is 10.7. The fraction of sp³-hybridized carbons (Fsp3) is 0.148. The molecular formula is C27H24O3. The van der Waals surface area contributed by atoms with Crippen molar-refractivity contribution in [1.29, 1.82) is 0 Å². The van der Waals surface area contributed by atoms with Gasteiger partial charge in [0, 0.05) is 12.0 Å². The average Bonchev–Trinajstić information content (AvgIpc) is 2.81. The normalized spacial score (nSPS) is 11.6. The van der Waals surface area contributed by atoms with Crippen LogP contribution in [0.3, 0.4) is 0 Å². The molecule has 0 heterocycles. The molecule has 0 N–H and O–H groups in total. The summed E-state index contributed by atoms with van der Waals surface area (Å²) in [4.78, 5) is 10.7. The Morgan fingerprint density at radius 2 is 1.57 bits per heavy atom. The molecule has 0 saturated heterocycles. The van der Waals surface area contributed by atoms with Gasteiger partial charge in [0.05, 0.1) is 13.7 Å². The second-order valence-corrected chi connectivity index (χ2v) is 7.13. The van der Waals surface area contributed by atoms with Gasteiger partial charge in [0.2, 0.25) is 0 Å². The molecular weight excluding hydrogens is 372 g/mol. The lowest BCUT2D eigenvalue weighted by Crippen LogP contribution is -1.97. The van der Waals surface area contributed by atoms with Gasteiger partial charge in [-0.1, -0.05) is 60.7 Å². The molecule has 3 heteroatoms. The summed E-state index contributed by atoms with van der Waals surface area (Å²) in [5.74, 6) is 1.62. The first-order valence-electron chi connectivity index (χ1n) is 10.1. The van der Waals surface area contributed by atoms with Gasteiger partial charge in [-0.05, 0) is 57.8 Å². The zero-order valence-electron chi connectivity index (χ0n) is 17.0. The molecule has 0 radical (unpaired) electrons. The van der Waals surface area contributed by atoms with Crippen molar-refractivity contribution >= 4 is 39.7 Å². The molecule has 0 fully saturated rings. The summed E-state index contributed by atoms with van der Waals surface area (Å²) in [5.41, 5.74) is 2.07. The molecule has 0 bridgehead atoms. The highest BCUT2D eigenvalue weighted by atomic mass is 16.5. The SMILES string of the molecule is COc1ccc(/C=C(\OCCCC=O)c2cc3ccccc3c3ccccc23)cc1. The van der Waals surface area contributed by atoms with Crippen molar-refractivity contribution < 1.29 is 14.3 Å². The molecule has 150 valence electrons. The van der Waals surface area contributed by atoms with Crippen LogP contribution in [-0.2, 0) is 9.53 Å². The first-order valence-corrected chi connectivity index (χ1v) is 10.1. The highest BCUT2D eigenvalue weighted by Crippen LogP contribution is 2.34. The Balaban J connectivity index is 1.85. The van der Waals surface area contributed by atoms with Gasteiger partial charge in [-0.15, -0.1) is 0 Å². The molecule has 0 aliphatic carbocycles. The lowest BCUT2D eigenvalue weighted by Gasteiger charge is -2.15. The lowest BCUT2D eigenvalue weighted by molar-refractivity contribution is -0.108. The number of fused-ring (bicyclic) bond motifs is 3. The Hall–Kier alpha value is -3.59. The molecule has 4 rings (SSSR count). The maximum absolute atomic E-state index is 10.7. The van der Waals surface area contributed by atoms with Gasteiger partial charge in [-0.3, -0.25) is 0 Å². The van der Waals surface area contributed by atoms with E-state index >= 15 is 0 Å². The molecule has 30 heavy (non-hydrogen) atoms. The van der Waals surface area contributed by atoms with E-state index in [9.17, 15) is 4.79 Å². The van der Waals surface area contributed by atoms with E-state index in [0.717, 1.165) is 34.3 Å². The number of hydrogen-bond acceptors (Lipinski definition) is 3. The summed E-state index contributed by atoms with van der Waals surface area (Å²) in [7, 11) is 1.66. The van der Waals surface area contributed by atoms with Crippen molar-refractivity contribution in [3.63, 3.8) is 0 Å². The maximum Gasteiger partial charge on any atom is 0.127 e. The first kappa shape index (κ1) is 19.7. The van der Waals surface area contributed by atoms with Gasteiger partial charge in [0.1, 0.15) is 17.8 Å². The quantitative estimate of drug-likeness (QED) is 0.112. The van der Waals surface area contributed by atoms with Gasteiger partial charge < -0.3 is 14.3 Å². The molecule has 0 saturated carbocycles. The number of rotatable bonds is 8. The van der Waals surface area contributed by atoms with Gasteiger partial charge >= 0.3 is 0 Å². The van der Waals surface area contributed by atoms with Crippen molar-refractivity contribution in [1.82, 2.24) is 0 Å². The van der Waals surface area contributed by atoms with Crippen molar-refractivity contribution in [3.05, 3.63) is 90.0 Å². The second kappa shape index (κ2) is 9.27. The largest absolute Gasteiger partial charge is 0.497 e. The molecule has 0 spiro atoms. The monoisotopic (exact) mass is 396 g/mol. The summed E-state index contributed by atoms with van der Waals surface area (Å²) in [6, 6.07) is 26.9. The predicted octanol–water partition coefficient (Wildman–Crippen LogP) is 6.50. The average molecular weight is 396 g/mol. The Morgan fingerprint density at radius 3 is 2.30 bits per heavy atom. The summed E-state index contributed by atoms with van der Waals surface area (Å²) >= 11 is 0. The van der Waals surface area contributed by atoms with Crippen LogP contribution in [-0.4, -0.2) is 20.0 Å². The van der Waals surface area contributed by atoms with Gasteiger partial charge in [-0.2, -0.15) is 0 Å². The number of benzene rings is 4. The van der Waals surface area contributed by atoms with Crippen LogP contribution in [0, 0.1) is 0 Å². The van der Waals surface area contributed by atoms with Crippen LogP contribution >= 0.6 is 0 Å². The molecule has 0 unspecified atom stereocenters. The van der Waals surface area contributed by atoms with Gasteiger partial charge in [0.15, 0.2) is 0 Å². The van der Waals surface area contributed by atoms with E-state index in [4.69, 9.17) is 9.47 Å². The summed E-state index contributed by atoms with van der Waals surface area (Å²) < 4.78 is 11.5. The molecule has 0 atom stereocenters. The minimum atomic E-state index is 0.488. The smallest absolute Gasteiger partial charge is 0.127 e. The fourth-order valence-electron chi connectivity index (χ4n) is 3.66. The molecule has 4 aromatic carbocycles. The zero-order chi connectivity index (χ0) is 20.8. The molecule has 3 nitrogen and oxygen atoms in total. The van der Waals surface area contributed by atoms with Crippen LogP contribution in [0.4, 0.5) is 0 Å². The minimum absolute atomic E-state index is 0.488. The zero-order valence-corrected chi connectivity index (χ0v) is 17.0. The van der Waals surface area contributed by atoms with Gasteiger partial charge in [0.25, 0.3) is 0 Å². The van der Waals surface area contributed by atoms with E-state index in [-0.39, 0.29) is 0 Å². The van der Waals surface area contributed by atoms with Crippen LogP contribution in [0.5, 0.6) is 5.75 Å². The molecule has 0 aliphatic rings. The number of hydrogen-bond donors (Lipinski definition) is 0. The fourth-order valence-corrected chi connectivity index (χ4v) is 3.66. The van der Waals surface area contributed by atoms with Crippen molar-refractivity contribution in [3.8, 4) is 5.75 Å². The predicted molar refractivity (Wildman–Crippen MR) is 124 cm³/mol. The highest BCUT2D eigenvalue weighted by Gasteiger charge is 2.12. The van der Waals surface area contributed by atoms with Crippen LogP contribution in [0.25, 0.3) is 33.4 Å². The molecule has 0 aromatic heterocycles. The number of carbonyl (C=O) groups excluding carboxylic acids is 1. The first-order chi connectivity index (χ1) is 14.8. The summed E-state index contributed by atoms with van der Waals surface area (Å²) in [5, 5.41) is 4.74. The Morgan fingerprint density at radius 1 is 0.867 bits per heavy atom. The Kier molecular flexibility index (Phi) is 6.09. The summed E-state index contributed by atoms with van der Waals surface area (Å²) in [6.07, 6.45) is 4.17. The van der Waals surface area contributed by atoms with E-state index in [1.165, 1.54) is 16.2 Å². The Bertz CT molecular complexity index is 1190. The number of methoxy groups -OCH3 is 1. The highest BCUT2D eigenvalue weighted by molar-refractivity contribution is 6.12. The van der Waals surface area contributed by atoms with Crippen LogP contribution < -0.4 is 4.74 Å². The number of carbonyl (C=O) groups is 1. The summed E-state index contributed by atoms with van der Waals surface area (Å²) in [6.45, 7) is 0.488. The number of ether oxygens (including phenoxy) is 2. The second-order valence-electron chi connectivity index (χ2n) is 7.13. The van der Waals surface area contributed by atoms with E-state index in [1.54, 1.807) is 7.11 Å². The number of unbranched alkanes of at least 4 members (excludes halogenated alkanes) is 1. The van der Waals surface area contributed by atoms with Crippen LogP contribution in [0.2, 0.25) is 0 Å². The van der Waals surface area contributed by atoms with Crippen LogP contribution in [0.1, 0.15) is 24.0 Å². The van der Waals surface area contributed by atoms with E-state index in [1.807, 2.05) is 24.3 Å². The van der Waals surface area contributed by atoms with E-state index in [0.29, 0.717) is 19.4 Å². The van der Waals surface area contributed by atoms with Gasteiger partial charge in [-0.25, -0.2) is 0 Å². The third-order valence-electron chi connectivity index (χ3n) is 5.17. The Labute approximate surface area is 176 Å². The lowest BCUT2D eigenvalue weighted by atomic mass is 9.95. The minimum Gasteiger partial charge on any atom is -0.497 e. The van der Waals surface area contributed by atoms with Crippen molar-refractivity contribution in [2.75, 3.05) is 13.7 Å². The van der Waals surface area contributed by atoms with Crippen molar-refractivity contribution in [2.24, 2.45) is 0 Å². The molecule has 0 aliphatic heterocycles.